The lowest BCUT2D eigenvalue weighted by molar-refractivity contribution is -0.121. The summed E-state index contributed by atoms with van der Waals surface area (Å²) in [7, 11) is 1.63. The Balaban J connectivity index is 3.20. The molecule has 1 N–H and O–H groups in total. The average Bonchev–Trinajstić information content (AvgIpc) is 2.49. The number of carbonyl (C=O) groups excluding carboxylic acids is 2. The molecule has 0 aliphatic heterocycles. The highest BCUT2D eigenvalue weighted by molar-refractivity contribution is 5.80. The van der Waals surface area contributed by atoms with E-state index in [0.29, 0.717) is 31.5 Å². The SMILES string of the molecule is CCCCCCCCCCCCC(=O)CCCC(=O)NC. The molecule has 0 aromatic heterocycles. The van der Waals surface area contributed by atoms with Crippen LogP contribution in [0, 0.1) is 0 Å². The standard InChI is InChI=1S/C18H35NO2/c1-3-4-5-6-7-8-9-10-11-12-14-17(20)15-13-16-18(21)19-2/h3-16H2,1-2H3,(H,19,21). The average molecular weight is 297 g/mol. The maximum atomic E-state index is 11.6. The van der Waals surface area contributed by atoms with Crippen molar-refractivity contribution in [1.82, 2.24) is 5.32 Å². The molecule has 0 aliphatic rings. The Labute approximate surface area is 131 Å². The fourth-order valence-electron chi connectivity index (χ4n) is 2.51. The predicted molar refractivity (Wildman–Crippen MR) is 89.4 cm³/mol. The van der Waals surface area contributed by atoms with Crippen molar-refractivity contribution in [3.05, 3.63) is 0 Å². The van der Waals surface area contributed by atoms with E-state index >= 15 is 0 Å². The van der Waals surface area contributed by atoms with E-state index in [-0.39, 0.29) is 5.91 Å². The van der Waals surface area contributed by atoms with Gasteiger partial charge < -0.3 is 5.32 Å². The van der Waals surface area contributed by atoms with Crippen molar-refractivity contribution in [2.45, 2.75) is 96.8 Å². The van der Waals surface area contributed by atoms with Crippen LogP contribution in [0.3, 0.4) is 0 Å². The maximum Gasteiger partial charge on any atom is 0.219 e. The van der Waals surface area contributed by atoms with Gasteiger partial charge in [-0.1, -0.05) is 64.7 Å². The van der Waals surface area contributed by atoms with Crippen LogP contribution in [0.2, 0.25) is 0 Å². The van der Waals surface area contributed by atoms with E-state index in [0.717, 1.165) is 6.42 Å². The van der Waals surface area contributed by atoms with Crippen LogP contribution in [-0.4, -0.2) is 18.7 Å². The van der Waals surface area contributed by atoms with Crippen LogP contribution < -0.4 is 5.32 Å². The van der Waals surface area contributed by atoms with Crippen molar-refractivity contribution in [3.63, 3.8) is 0 Å². The maximum absolute atomic E-state index is 11.6. The summed E-state index contributed by atoms with van der Waals surface area (Å²) in [5.74, 6) is 0.347. The molecule has 3 heteroatoms. The lowest BCUT2D eigenvalue weighted by Crippen LogP contribution is -2.17. The zero-order valence-corrected chi connectivity index (χ0v) is 14.2. The Morgan fingerprint density at radius 1 is 0.667 bits per heavy atom. The highest BCUT2D eigenvalue weighted by atomic mass is 16.1. The van der Waals surface area contributed by atoms with Gasteiger partial charge in [0.2, 0.25) is 5.91 Å². The summed E-state index contributed by atoms with van der Waals surface area (Å²) in [6, 6.07) is 0. The van der Waals surface area contributed by atoms with E-state index in [1.54, 1.807) is 7.05 Å². The molecule has 0 atom stereocenters. The topological polar surface area (TPSA) is 46.2 Å². The second-order valence-electron chi connectivity index (χ2n) is 6.00. The number of hydrogen-bond donors (Lipinski definition) is 1. The summed E-state index contributed by atoms with van der Waals surface area (Å²) < 4.78 is 0. The molecule has 3 nitrogen and oxygen atoms in total. The number of amides is 1. The van der Waals surface area contributed by atoms with Crippen LogP contribution in [0.15, 0.2) is 0 Å². The number of hydrogen-bond acceptors (Lipinski definition) is 2. The summed E-state index contributed by atoms with van der Waals surface area (Å²) in [6.45, 7) is 2.25. The fraction of sp³-hybridized carbons (Fsp3) is 0.889. The lowest BCUT2D eigenvalue weighted by atomic mass is 10.0. The number of nitrogens with one attached hydrogen (secondary N) is 1. The number of ketones is 1. The van der Waals surface area contributed by atoms with Gasteiger partial charge in [0.25, 0.3) is 0 Å². The Kier molecular flexibility index (Phi) is 14.9. The van der Waals surface area contributed by atoms with Crippen molar-refractivity contribution in [2.24, 2.45) is 0 Å². The van der Waals surface area contributed by atoms with Crippen LogP contribution in [0.1, 0.15) is 96.8 Å². The number of Topliss-reactive ketones (excluding diaryl/α,β-unsaturated/α-hetero) is 1. The summed E-state index contributed by atoms with van der Waals surface area (Å²) in [4.78, 5) is 22.6. The molecular formula is C18H35NO2. The third-order valence-electron chi connectivity index (χ3n) is 3.95. The summed E-state index contributed by atoms with van der Waals surface area (Å²) in [5, 5.41) is 2.58. The first-order chi connectivity index (χ1) is 10.2. The van der Waals surface area contributed by atoms with E-state index in [9.17, 15) is 9.59 Å². The van der Waals surface area contributed by atoms with Crippen LogP contribution in [0.4, 0.5) is 0 Å². The first-order valence-corrected chi connectivity index (χ1v) is 8.93. The number of rotatable bonds is 15. The Morgan fingerprint density at radius 2 is 1.14 bits per heavy atom. The van der Waals surface area contributed by atoms with E-state index in [1.807, 2.05) is 0 Å². The highest BCUT2D eigenvalue weighted by Gasteiger charge is 2.04. The summed E-state index contributed by atoms with van der Waals surface area (Å²) in [6.07, 6.45) is 15.4. The molecule has 0 rings (SSSR count). The smallest absolute Gasteiger partial charge is 0.219 e. The number of carbonyl (C=O) groups is 2. The first kappa shape index (κ1) is 20.1. The van der Waals surface area contributed by atoms with Gasteiger partial charge in [-0.3, -0.25) is 9.59 Å². The minimum atomic E-state index is 0.0294. The Hall–Kier alpha value is -0.860. The third kappa shape index (κ3) is 15.3. The normalized spacial score (nSPS) is 10.6. The molecule has 0 spiro atoms. The van der Waals surface area contributed by atoms with Gasteiger partial charge in [0.1, 0.15) is 5.78 Å². The molecule has 0 aliphatic carbocycles. The molecule has 0 bridgehead atoms. The molecule has 0 aromatic carbocycles. The van der Waals surface area contributed by atoms with Gasteiger partial charge in [-0.15, -0.1) is 0 Å². The van der Waals surface area contributed by atoms with E-state index in [2.05, 4.69) is 12.2 Å². The quantitative estimate of drug-likeness (QED) is 0.442. The molecule has 0 radical (unpaired) electrons. The van der Waals surface area contributed by atoms with Gasteiger partial charge >= 0.3 is 0 Å². The highest BCUT2D eigenvalue weighted by Crippen LogP contribution is 2.12. The fourth-order valence-corrected chi connectivity index (χ4v) is 2.51. The molecule has 0 aromatic rings. The minimum absolute atomic E-state index is 0.0294. The van der Waals surface area contributed by atoms with E-state index in [1.165, 1.54) is 57.8 Å². The summed E-state index contributed by atoms with van der Waals surface area (Å²) >= 11 is 0. The van der Waals surface area contributed by atoms with E-state index < -0.39 is 0 Å². The summed E-state index contributed by atoms with van der Waals surface area (Å²) in [5.41, 5.74) is 0. The molecule has 124 valence electrons. The Bertz CT molecular complexity index is 264. The minimum Gasteiger partial charge on any atom is -0.359 e. The van der Waals surface area contributed by atoms with Crippen LogP contribution >= 0.6 is 0 Å². The van der Waals surface area contributed by atoms with Crippen molar-refractivity contribution >= 4 is 11.7 Å². The molecule has 0 saturated carbocycles. The molecule has 1 amide bonds. The van der Waals surface area contributed by atoms with Crippen molar-refractivity contribution in [3.8, 4) is 0 Å². The zero-order valence-electron chi connectivity index (χ0n) is 14.2. The van der Waals surface area contributed by atoms with Gasteiger partial charge in [-0.05, 0) is 12.8 Å². The third-order valence-corrected chi connectivity index (χ3v) is 3.95. The van der Waals surface area contributed by atoms with Crippen molar-refractivity contribution in [1.29, 1.82) is 0 Å². The van der Waals surface area contributed by atoms with Gasteiger partial charge in [-0.2, -0.15) is 0 Å². The van der Waals surface area contributed by atoms with Gasteiger partial charge in [-0.25, -0.2) is 0 Å². The predicted octanol–water partition coefficient (Wildman–Crippen LogP) is 4.78. The second kappa shape index (κ2) is 15.5. The van der Waals surface area contributed by atoms with Crippen molar-refractivity contribution in [2.75, 3.05) is 7.05 Å². The molecule has 0 saturated heterocycles. The van der Waals surface area contributed by atoms with Crippen molar-refractivity contribution < 1.29 is 9.59 Å². The van der Waals surface area contributed by atoms with Gasteiger partial charge in [0.05, 0.1) is 0 Å². The molecule has 0 heterocycles. The molecular weight excluding hydrogens is 262 g/mol. The largest absolute Gasteiger partial charge is 0.359 e. The van der Waals surface area contributed by atoms with Crippen LogP contribution in [-0.2, 0) is 9.59 Å². The number of unbranched alkanes of at least 4 members (excludes halogenated alkanes) is 9. The van der Waals surface area contributed by atoms with Crippen LogP contribution in [0.25, 0.3) is 0 Å². The van der Waals surface area contributed by atoms with E-state index in [4.69, 9.17) is 0 Å². The molecule has 21 heavy (non-hydrogen) atoms. The van der Waals surface area contributed by atoms with Gasteiger partial charge in [0, 0.05) is 26.3 Å². The van der Waals surface area contributed by atoms with Gasteiger partial charge in [0.15, 0.2) is 0 Å². The lowest BCUT2D eigenvalue weighted by Gasteiger charge is -2.03. The molecule has 0 unspecified atom stereocenters. The van der Waals surface area contributed by atoms with Crippen LogP contribution in [0.5, 0.6) is 0 Å². The monoisotopic (exact) mass is 297 g/mol. The Morgan fingerprint density at radius 3 is 1.67 bits per heavy atom. The zero-order chi connectivity index (χ0) is 15.8. The first-order valence-electron chi connectivity index (χ1n) is 8.93. The second-order valence-corrected chi connectivity index (χ2v) is 6.00. The molecule has 0 fully saturated rings.